The van der Waals surface area contributed by atoms with Gasteiger partial charge in [0.1, 0.15) is 0 Å². The predicted octanol–water partition coefficient (Wildman–Crippen LogP) is 2.76. The first kappa shape index (κ1) is 15.9. The minimum Gasteiger partial charge on any atom is -0.394 e. The Bertz CT molecular complexity index is 169. The standard InChI is InChI=1S/C13H28O3/c1-6-7-8-13(4,5)16-12(3)10-15-11(2)9-14/h11-12,14H,6-10H2,1-5H3. The zero-order chi connectivity index (χ0) is 12.6. The maximum Gasteiger partial charge on any atom is 0.0787 e. The second kappa shape index (κ2) is 8.04. The maximum atomic E-state index is 8.83. The second-order valence-corrected chi connectivity index (χ2v) is 5.12. The van der Waals surface area contributed by atoms with Gasteiger partial charge in [0, 0.05) is 0 Å². The molecule has 2 unspecified atom stereocenters. The van der Waals surface area contributed by atoms with Crippen LogP contribution in [0.3, 0.4) is 0 Å². The lowest BCUT2D eigenvalue weighted by Crippen LogP contribution is -2.32. The quantitative estimate of drug-likeness (QED) is 0.664. The van der Waals surface area contributed by atoms with Crippen LogP contribution in [0, 0.1) is 0 Å². The van der Waals surface area contributed by atoms with Crippen LogP contribution in [0.5, 0.6) is 0 Å². The van der Waals surface area contributed by atoms with Crippen LogP contribution in [0.15, 0.2) is 0 Å². The van der Waals surface area contributed by atoms with Gasteiger partial charge < -0.3 is 14.6 Å². The largest absolute Gasteiger partial charge is 0.394 e. The fourth-order valence-corrected chi connectivity index (χ4v) is 1.59. The lowest BCUT2D eigenvalue weighted by molar-refractivity contribution is -0.111. The lowest BCUT2D eigenvalue weighted by atomic mass is 10.0. The van der Waals surface area contributed by atoms with Crippen molar-refractivity contribution in [1.29, 1.82) is 0 Å². The van der Waals surface area contributed by atoms with Crippen LogP contribution in [0.25, 0.3) is 0 Å². The molecule has 0 aliphatic carbocycles. The van der Waals surface area contributed by atoms with Crippen LogP contribution in [0.1, 0.15) is 53.9 Å². The Balaban J connectivity index is 3.79. The molecule has 0 spiro atoms. The van der Waals surface area contributed by atoms with E-state index >= 15 is 0 Å². The van der Waals surface area contributed by atoms with Crippen LogP contribution in [0.2, 0.25) is 0 Å². The summed E-state index contributed by atoms with van der Waals surface area (Å²) in [6.07, 6.45) is 3.42. The second-order valence-electron chi connectivity index (χ2n) is 5.12. The van der Waals surface area contributed by atoms with E-state index in [4.69, 9.17) is 14.6 Å². The molecule has 2 atom stereocenters. The molecule has 1 N–H and O–H groups in total. The van der Waals surface area contributed by atoms with Gasteiger partial charge in [-0.3, -0.25) is 0 Å². The van der Waals surface area contributed by atoms with E-state index in [2.05, 4.69) is 20.8 Å². The zero-order valence-corrected chi connectivity index (χ0v) is 11.5. The Morgan fingerprint density at radius 1 is 1.19 bits per heavy atom. The SMILES string of the molecule is CCCCC(C)(C)OC(C)COC(C)CO. The highest BCUT2D eigenvalue weighted by Crippen LogP contribution is 2.20. The van der Waals surface area contributed by atoms with Crippen LogP contribution in [-0.2, 0) is 9.47 Å². The van der Waals surface area contributed by atoms with Gasteiger partial charge in [0.15, 0.2) is 0 Å². The minimum absolute atomic E-state index is 0.0615. The smallest absolute Gasteiger partial charge is 0.0787 e. The molecule has 3 heteroatoms. The fourth-order valence-electron chi connectivity index (χ4n) is 1.59. The van der Waals surface area contributed by atoms with Gasteiger partial charge in [-0.05, 0) is 34.1 Å². The Labute approximate surface area is 100 Å². The fraction of sp³-hybridized carbons (Fsp3) is 1.00. The molecule has 0 saturated heterocycles. The van der Waals surface area contributed by atoms with E-state index in [9.17, 15) is 0 Å². The number of aliphatic hydroxyl groups excluding tert-OH is 1. The van der Waals surface area contributed by atoms with E-state index in [1.807, 2.05) is 13.8 Å². The normalized spacial score (nSPS) is 16.1. The molecular formula is C13H28O3. The predicted molar refractivity (Wildman–Crippen MR) is 66.7 cm³/mol. The molecule has 0 aliphatic rings. The first-order valence-corrected chi connectivity index (χ1v) is 6.31. The lowest BCUT2D eigenvalue weighted by Gasteiger charge is -2.29. The topological polar surface area (TPSA) is 38.7 Å². The Hall–Kier alpha value is -0.120. The van der Waals surface area contributed by atoms with Crippen LogP contribution in [0.4, 0.5) is 0 Å². The van der Waals surface area contributed by atoms with Crippen molar-refractivity contribution in [3.05, 3.63) is 0 Å². The molecule has 0 aromatic heterocycles. The van der Waals surface area contributed by atoms with Gasteiger partial charge in [0.05, 0.1) is 31.0 Å². The Kier molecular flexibility index (Phi) is 7.98. The van der Waals surface area contributed by atoms with Crippen molar-refractivity contribution in [3.63, 3.8) is 0 Å². The summed E-state index contributed by atoms with van der Waals surface area (Å²) in [6, 6.07) is 0. The molecule has 0 aromatic carbocycles. The third kappa shape index (κ3) is 8.08. The molecular weight excluding hydrogens is 204 g/mol. The average Bonchev–Trinajstić information content (AvgIpc) is 2.22. The third-order valence-electron chi connectivity index (χ3n) is 2.53. The molecule has 0 heterocycles. The molecule has 0 fully saturated rings. The minimum atomic E-state index is -0.107. The summed E-state index contributed by atoms with van der Waals surface area (Å²) in [4.78, 5) is 0. The van der Waals surface area contributed by atoms with E-state index < -0.39 is 0 Å². The molecule has 0 rings (SSSR count). The summed E-state index contributed by atoms with van der Waals surface area (Å²) in [7, 11) is 0. The summed E-state index contributed by atoms with van der Waals surface area (Å²) in [6.45, 7) is 10.9. The van der Waals surface area contributed by atoms with Gasteiger partial charge in [0.25, 0.3) is 0 Å². The van der Waals surface area contributed by atoms with E-state index in [1.165, 1.54) is 12.8 Å². The molecule has 16 heavy (non-hydrogen) atoms. The first-order valence-electron chi connectivity index (χ1n) is 6.31. The van der Waals surface area contributed by atoms with E-state index in [0.717, 1.165) is 6.42 Å². The molecule has 0 aromatic rings. The Morgan fingerprint density at radius 3 is 2.31 bits per heavy atom. The highest BCUT2D eigenvalue weighted by molar-refractivity contribution is 4.70. The van der Waals surface area contributed by atoms with Gasteiger partial charge in [-0.15, -0.1) is 0 Å². The molecule has 0 radical (unpaired) electrons. The number of hydrogen-bond donors (Lipinski definition) is 1. The Morgan fingerprint density at radius 2 is 1.81 bits per heavy atom. The number of unbranched alkanes of at least 4 members (excludes halogenated alkanes) is 1. The van der Waals surface area contributed by atoms with Crippen molar-refractivity contribution in [1.82, 2.24) is 0 Å². The van der Waals surface area contributed by atoms with Gasteiger partial charge >= 0.3 is 0 Å². The number of aliphatic hydroxyl groups is 1. The van der Waals surface area contributed by atoms with E-state index in [1.54, 1.807) is 0 Å². The van der Waals surface area contributed by atoms with Gasteiger partial charge in [-0.25, -0.2) is 0 Å². The van der Waals surface area contributed by atoms with Gasteiger partial charge in [-0.2, -0.15) is 0 Å². The summed E-state index contributed by atoms with van der Waals surface area (Å²) in [5.74, 6) is 0. The summed E-state index contributed by atoms with van der Waals surface area (Å²) >= 11 is 0. The number of rotatable bonds is 9. The summed E-state index contributed by atoms with van der Waals surface area (Å²) in [5.41, 5.74) is -0.0821. The van der Waals surface area contributed by atoms with E-state index in [0.29, 0.717) is 6.61 Å². The molecule has 0 saturated carbocycles. The molecule has 0 aliphatic heterocycles. The van der Waals surface area contributed by atoms with Crippen molar-refractivity contribution in [2.75, 3.05) is 13.2 Å². The monoisotopic (exact) mass is 232 g/mol. The third-order valence-corrected chi connectivity index (χ3v) is 2.53. The van der Waals surface area contributed by atoms with Crippen molar-refractivity contribution in [2.45, 2.75) is 71.7 Å². The molecule has 0 bridgehead atoms. The number of hydrogen-bond acceptors (Lipinski definition) is 3. The molecule has 3 nitrogen and oxygen atoms in total. The maximum absolute atomic E-state index is 8.83. The van der Waals surface area contributed by atoms with E-state index in [-0.39, 0.29) is 24.4 Å². The summed E-state index contributed by atoms with van der Waals surface area (Å²) < 4.78 is 11.4. The highest BCUT2D eigenvalue weighted by atomic mass is 16.6. The zero-order valence-electron chi connectivity index (χ0n) is 11.5. The van der Waals surface area contributed by atoms with Crippen LogP contribution >= 0.6 is 0 Å². The molecule has 0 amide bonds. The van der Waals surface area contributed by atoms with Crippen molar-refractivity contribution >= 4 is 0 Å². The van der Waals surface area contributed by atoms with Crippen molar-refractivity contribution < 1.29 is 14.6 Å². The first-order chi connectivity index (χ1) is 7.41. The average molecular weight is 232 g/mol. The van der Waals surface area contributed by atoms with Crippen LogP contribution < -0.4 is 0 Å². The van der Waals surface area contributed by atoms with Gasteiger partial charge in [0.2, 0.25) is 0 Å². The van der Waals surface area contributed by atoms with Crippen molar-refractivity contribution in [2.24, 2.45) is 0 Å². The van der Waals surface area contributed by atoms with Gasteiger partial charge in [-0.1, -0.05) is 19.8 Å². The van der Waals surface area contributed by atoms with Crippen molar-refractivity contribution in [3.8, 4) is 0 Å². The van der Waals surface area contributed by atoms with Crippen LogP contribution in [-0.4, -0.2) is 36.1 Å². The summed E-state index contributed by atoms with van der Waals surface area (Å²) in [5, 5.41) is 8.83. The number of ether oxygens (including phenoxy) is 2. The molecule has 98 valence electrons. The highest BCUT2D eigenvalue weighted by Gasteiger charge is 2.21.